The van der Waals surface area contributed by atoms with Gasteiger partial charge < -0.3 is 9.47 Å². The third kappa shape index (κ3) is 4.99. The highest BCUT2D eigenvalue weighted by Crippen LogP contribution is 2.19. The molecule has 0 atom stereocenters. The minimum atomic E-state index is -4.30. The molecule has 0 radical (unpaired) electrons. The summed E-state index contributed by atoms with van der Waals surface area (Å²) < 4.78 is 45.3. The summed E-state index contributed by atoms with van der Waals surface area (Å²) in [6.45, 7) is -0.933. The van der Waals surface area contributed by atoms with Crippen LogP contribution in [0.3, 0.4) is 0 Å². The molecule has 0 aliphatic carbocycles. The van der Waals surface area contributed by atoms with Crippen LogP contribution in [-0.4, -0.2) is 46.7 Å². The summed E-state index contributed by atoms with van der Waals surface area (Å²) >= 11 is 0. The van der Waals surface area contributed by atoms with Gasteiger partial charge in [-0.1, -0.05) is 12.1 Å². The largest absolute Gasteiger partial charge is 0.497 e. The first-order valence-electron chi connectivity index (χ1n) is 6.55. The van der Waals surface area contributed by atoms with Gasteiger partial charge in [-0.3, -0.25) is 0 Å². The maximum atomic E-state index is 11.9. The fourth-order valence-electron chi connectivity index (χ4n) is 1.71. The van der Waals surface area contributed by atoms with Crippen molar-refractivity contribution in [2.45, 2.75) is 19.1 Å². The lowest BCUT2D eigenvalue weighted by Crippen LogP contribution is -2.18. The van der Waals surface area contributed by atoms with Crippen LogP contribution in [0.1, 0.15) is 6.42 Å². The molecule has 0 aliphatic rings. The second kappa shape index (κ2) is 7.21. The first-order valence-corrected chi connectivity index (χ1v) is 6.55. The average Bonchev–Trinajstić information content (AvgIpc) is 2.95. The molecule has 2 rings (SSSR count). The Kier molecular flexibility index (Phi) is 5.31. The molecule has 2 aromatic rings. The second-order valence-electron chi connectivity index (χ2n) is 4.46. The van der Waals surface area contributed by atoms with Crippen molar-refractivity contribution in [3.63, 3.8) is 0 Å². The number of hydrogen-bond acceptors (Lipinski definition) is 5. The highest BCUT2D eigenvalue weighted by molar-refractivity contribution is 5.56. The van der Waals surface area contributed by atoms with Crippen molar-refractivity contribution in [2.75, 3.05) is 20.3 Å². The molecule has 0 amide bonds. The lowest BCUT2D eigenvalue weighted by molar-refractivity contribution is -0.174. The van der Waals surface area contributed by atoms with E-state index in [4.69, 9.17) is 4.74 Å². The predicted molar refractivity (Wildman–Crippen MR) is 71.3 cm³/mol. The van der Waals surface area contributed by atoms with Crippen molar-refractivity contribution in [3.8, 4) is 17.1 Å². The molecule has 1 aromatic heterocycles. The van der Waals surface area contributed by atoms with Crippen LogP contribution in [0, 0.1) is 0 Å². The Labute approximate surface area is 124 Å². The van der Waals surface area contributed by atoms with Crippen LogP contribution in [0.25, 0.3) is 11.4 Å². The van der Waals surface area contributed by atoms with Gasteiger partial charge in [-0.2, -0.15) is 18.0 Å². The van der Waals surface area contributed by atoms with E-state index in [0.29, 0.717) is 24.5 Å². The zero-order valence-electron chi connectivity index (χ0n) is 11.9. The molecule has 0 fully saturated rings. The van der Waals surface area contributed by atoms with E-state index in [1.54, 1.807) is 25.3 Å². The Morgan fingerprint density at radius 3 is 2.82 bits per heavy atom. The summed E-state index contributed by atoms with van der Waals surface area (Å²) in [5, 5.41) is 11.9. The molecular weight excluding hydrogens is 301 g/mol. The Morgan fingerprint density at radius 1 is 1.27 bits per heavy atom. The van der Waals surface area contributed by atoms with E-state index in [1.165, 1.54) is 4.80 Å². The van der Waals surface area contributed by atoms with E-state index in [9.17, 15) is 13.2 Å². The average molecular weight is 316 g/mol. The van der Waals surface area contributed by atoms with E-state index in [2.05, 4.69) is 20.1 Å². The fraction of sp³-hybridized carbons (Fsp3) is 0.462. The minimum absolute atomic E-state index is 0.0183. The molecule has 1 heterocycles. The molecule has 1 aromatic carbocycles. The van der Waals surface area contributed by atoms with Crippen LogP contribution in [0.15, 0.2) is 24.3 Å². The molecule has 120 valence electrons. The number of halogens is 3. The van der Waals surface area contributed by atoms with Crippen molar-refractivity contribution < 1.29 is 22.6 Å². The molecule has 6 nitrogen and oxygen atoms in total. The number of alkyl halides is 3. The zero-order chi connectivity index (χ0) is 16.0. The van der Waals surface area contributed by atoms with E-state index in [1.807, 2.05) is 6.07 Å². The third-order valence-corrected chi connectivity index (χ3v) is 2.69. The van der Waals surface area contributed by atoms with Gasteiger partial charge in [0.1, 0.15) is 12.4 Å². The first-order chi connectivity index (χ1) is 10.5. The lowest BCUT2D eigenvalue weighted by atomic mass is 10.2. The van der Waals surface area contributed by atoms with Gasteiger partial charge in [0.2, 0.25) is 5.82 Å². The summed E-state index contributed by atoms with van der Waals surface area (Å²) in [7, 11) is 1.56. The summed E-state index contributed by atoms with van der Waals surface area (Å²) in [6, 6.07) is 7.19. The predicted octanol–water partition coefficient (Wildman–Crippen LogP) is 2.32. The molecule has 0 unspecified atom stereocenters. The monoisotopic (exact) mass is 316 g/mol. The van der Waals surface area contributed by atoms with Crippen molar-refractivity contribution in [3.05, 3.63) is 24.3 Å². The molecule has 0 aliphatic heterocycles. The minimum Gasteiger partial charge on any atom is -0.497 e. The smallest absolute Gasteiger partial charge is 0.411 e. The Morgan fingerprint density at radius 2 is 2.09 bits per heavy atom. The second-order valence-corrected chi connectivity index (χ2v) is 4.46. The molecule has 9 heteroatoms. The van der Waals surface area contributed by atoms with E-state index in [-0.39, 0.29) is 6.61 Å². The summed E-state index contributed by atoms with van der Waals surface area (Å²) in [5.74, 6) is 1.10. The number of rotatable bonds is 7. The lowest BCUT2D eigenvalue weighted by Gasteiger charge is -2.06. The van der Waals surface area contributed by atoms with E-state index in [0.717, 1.165) is 5.56 Å². The number of tetrazole rings is 1. The Bertz CT molecular complexity index is 601. The maximum absolute atomic E-state index is 11.9. The first kappa shape index (κ1) is 16.2. The van der Waals surface area contributed by atoms with Crippen LogP contribution in [0.5, 0.6) is 5.75 Å². The van der Waals surface area contributed by atoms with Gasteiger partial charge in [-0.05, 0) is 23.8 Å². The number of aromatic nitrogens is 4. The molecule has 0 N–H and O–H groups in total. The van der Waals surface area contributed by atoms with Crippen LogP contribution in [-0.2, 0) is 11.3 Å². The van der Waals surface area contributed by atoms with Gasteiger partial charge in [-0.15, -0.1) is 10.2 Å². The van der Waals surface area contributed by atoms with E-state index >= 15 is 0 Å². The van der Waals surface area contributed by atoms with Crippen molar-refractivity contribution in [1.82, 2.24) is 20.2 Å². The van der Waals surface area contributed by atoms with Crippen LogP contribution >= 0.6 is 0 Å². The van der Waals surface area contributed by atoms with Crippen molar-refractivity contribution >= 4 is 0 Å². The van der Waals surface area contributed by atoms with Gasteiger partial charge in [0.05, 0.1) is 13.7 Å². The van der Waals surface area contributed by atoms with E-state index < -0.39 is 12.8 Å². The number of methoxy groups -OCH3 is 1. The van der Waals surface area contributed by atoms with Crippen molar-refractivity contribution in [2.24, 2.45) is 0 Å². The Balaban J connectivity index is 1.84. The van der Waals surface area contributed by atoms with Gasteiger partial charge in [0.25, 0.3) is 0 Å². The topological polar surface area (TPSA) is 62.1 Å². The molecule has 0 spiro atoms. The molecule has 22 heavy (non-hydrogen) atoms. The fourth-order valence-corrected chi connectivity index (χ4v) is 1.71. The zero-order valence-corrected chi connectivity index (χ0v) is 11.9. The molecule has 0 saturated heterocycles. The Hall–Kier alpha value is -2.16. The summed E-state index contributed by atoms with van der Waals surface area (Å²) in [6.07, 6.45) is -3.94. The van der Waals surface area contributed by atoms with Gasteiger partial charge in [0, 0.05) is 12.2 Å². The number of ether oxygens (including phenoxy) is 2. The SMILES string of the molecule is COc1cccc(-c2nnn(CCCOCC(F)(F)F)n2)c1. The number of nitrogens with zero attached hydrogens (tertiary/aromatic N) is 4. The normalized spacial score (nSPS) is 11.6. The van der Waals surface area contributed by atoms with Crippen molar-refractivity contribution in [1.29, 1.82) is 0 Å². The summed E-state index contributed by atoms with van der Waals surface area (Å²) in [4.78, 5) is 1.33. The van der Waals surface area contributed by atoms with Crippen LogP contribution in [0.4, 0.5) is 13.2 Å². The summed E-state index contributed by atoms with van der Waals surface area (Å²) in [5.41, 5.74) is 0.749. The van der Waals surface area contributed by atoms with Crippen LogP contribution < -0.4 is 4.74 Å². The standard InChI is InChI=1S/C13H15F3N4O2/c1-21-11-5-2-4-10(8-11)12-17-19-20(18-12)6-3-7-22-9-13(14,15)16/h2,4-5,8H,3,6-7,9H2,1H3. The molecule has 0 bridgehead atoms. The number of hydrogen-bond donors (Lipinski definition) is 0. The maximum Gasteiger partial charge on any atom is 0.411 e. The number of benzene rings is 1. The third-order valence-electron chi connectivity index (χ3n) is 2.69. The van der Waals surface area contributed by atoms with Crippen LogP contribution in [0.2, 0.25) is 0 Å². The molecular formula is C13H15F3N4O2. The quantitative estimate of drug-likeness (QED) is 0.734. The van der Waals surface area contributed by atoms with Gasteiger partial charge >= 0.3 is 6.18 Å². The molecule has 0 saturated carbocycles. The van der Waals surface area contributed by atoms with Gasteiger partial charge in [-0.25, -0.2) is 0 Å². The van der Waals surface area contributed by atoms with Gasteiger partial charge in [0.15, 0.2) is 0 Å². The number of aryl methyl sites for hydroxylation is 1. The highest BCUT2D eigenvalue weighted by atomic mass is 19.4. The highest BCUT2D eigenvalue weighted by Gasteiger charge is 2.27.